The molecule has 6 heteroatoms. The van der Waals surface area contributed by atoms with Crippen LogP contribution in [0.25, 0.3) is 0 Å². The predicted octanol–water partition coefficient (Wildman–Crippen LogP) is 3.47. The first-order chi connectivity index (χ1) is 15.0. The molecule has 6 nitrogen and oxygen atoms in total. The number of ether oxygens (including phenoxy) is 2. The number of amides is 2. The number of piperazine rings is 1. The standard InChI is InChI=1S/C25H32N2O4/c1-3-30-22-12-8-21(9-13-22)19-25(29)27-16-14-26(15-17-27)24(28)5-4-18-31-23-10-6-20(2)7-11-23/h6-13H,3-5,14-19H2,1-2H3. The fourth-order valence-electron chi connectivity index (χ4n) is 3.57. The molecule has 2 aromatic carbocycles. The average molecular weight is 425 g/mol. The lowest BCUT2D eigenvalue weighted by molar-refractivity contribution is -0.139. The molecule has 1 saturated heterocycles. The molecule has 0 aromatic heterocycles. The highest BCUT2D eigenvalue weighted by Gasteiger charge is 2.23. The largest absolute Gasteiger partial charge is 0.494 e. The molecule has 1 fully saturated rings. The second-order valence-corrected chi connectivity index (χ2v) is 7.78. The molecule has 0 bridgehead atoms. The van der Waals surface area contributed by atoms with Crippen LogP contribution >= 0.6 is 0 Å². The van der Waals surface area contributed by atoms with Gasteiger partial charge in [-0.15, -0.1) is 0 Å². The number of carbonyl (C=O) groups excluding carboxylic acids is 2. The van der Waals surface area contributed by atoms with Crippen LogP contribution in [0.5, 0.6) is 11.5 Å². The zero-order valence-corrected chi connectivity index (χ0v) is 18.5. The van der Waals surface area contributed by atoms with E-state index in [9.17, 15) is 9.59 Å². The monoisotopic (exact) mass is 424 g/mol. The lowest BCUT2D eigenvalue weighted by atomic mass is 10.1. The molecule has 0 N–H and O–H groups in total. The maximum atomic E-state index is 12.6. The van der Waals surface area contributed by atoms with Crippen LogP contribution in [-0.2, 0) is 16.0 Å². The number of carbonyl (C=O) groups is 2. The second kappa shape index (κ2) is 11.4. The first kappa shape index (κ1) is 22.7. The summed E-state index contributed by atoms with van der Waals surface area (Å²) in [7, 11) is 0. The summed E-state index contributed by atoms with van der Waals surface area (Å²) in [4.78, 5) is 28.8. The summed E-state index contributed by atoms with van der Waals surface area (Å²) in [5, 5.41) is 0. The molecule has 3 rings (SSSR count). The van der Waals surface area contributed by atoms with Gasteiger partial charge in [-0.3, -0.25) is 9.59 Å². The molecule has 0 aliphatic carbocycles. The number of hydrogen-bond acceptors (Lipinski definition) is 4. The van der Waals surface area contributed by atoms with Gasteiger partial charge in [0.05, 0.1) is 19.6 Å². The molecule has 1 aliphatic rings. The highest BCUT2D eigenvalue weighted by atomic mass is 16.5. The maximum absolute atomic E-state index is 12.6. The van der Waals surface area contributed by atoms with E-state index in [0.717, 1.165) is 17.1 Å². The van der Waals surface area contributed by atoms with Crippen LogP contribution in [0.2, 0.25) is 0 Å². The molecule has 31 heavy (non-hydrogen) atoms. The van der Waals surface area contributed by atoms with Crippen LogP contribution in [0.15, 0.2) is 48.5 Å². The molecule has 0 spiro atoms. The van der Waals surface area contributed by atoms with Gasteiger partial charge in [0.2, 0.25) is 11.8 Å². The van der Waals surface area contributed by atoms with Gasteiger partial charge in [0.25, 0.3) is 0 Å². The molecule has 1 heterocycles. The summed E-state index contributed by atoms with van der Waals surface area (Å²) in [5.41, 5.74) is 2.17. The van der Waals surface area contributed by atoms with Crippen LogP contribution in [0, 0.1) is 6.92 Å². The second-order valence-electron chi connectivity index (χ2n) is 7.78. The predicted molar refractivity (Wildman–Crippen MR) is 120 cm³/mol. The smallest absolute Gasteiger partial charge is 0.227 e. The highest BCUT2D eigenvalue weighted by Crippen LogP contribution is 2.15. The number of aryl methyl sites for hydroxylation is 1. The Labute approximate surface area is 184 Å². The highest BCUT2D eigenvalue weighted by molar-refractivity contribution is 5.80. The SMILES string of the molecule is CCOc1ccc(CC(=O)N2CCN(C(=O)CCCOc3ccc(C)cc3)CC2)cc1. The Morgan fingerprint density at radius 3 is 1.97 bits per heavy atom. The van der Waals surface area contributed by atoms with Crippen molar-refractivity contribution in [3.05, 3.63) is 59.7 Å². The van der Waals surface area contributed by atoms with E-state index >= 15 is 0 Å². The number of rotatable bonds is 9. The maximum Gasteiger partial charge on any atom is 0.227 e. The topological polar surface area (TPSA) is 59.1 Å². The van der Waals surface area contributed by atoms with Crippen LogP contribution in [-0.4, -0.2) is 61.0 Å². The van der Waals surface area contributed by atoms with Crippen LogP contribution in [0.3, 0.4) is 0 Å². The van der Waals surface area contributed by atoms with Gasteiger partial charge in [-0.1, -0.05) is 29.8 Å². The molecule has 2 aromatic rings. The lowest BCUT2D eigenvalue weighted by Gasteiger charge is -2.35. The van der Waals surface area contributed by atoms with Gasteiger partial charge in [-0.05, 0) is 50.1 Å². The molecule has 166 valence electrons. The molecule has 0 unspecified atom stereocenters. The van der Waals surface area contributed by atoms with Gasteiger partial charge in [0, 0.05) is 32.6 Å². The van der Waals surface area contributed by atoms with E-state index in [1.165, 1.54) is 5.56 Å². The van der Waals surface area contributed by atoms with E-state index < -0.39 is 0 Å². The fraction of sp³-hybridized carbons (Fsp3) is 0.440. The Hall–Kier alpha value is -3.02. The van der Waals surface area contributed by atoms with Crippen molar-refractivity contribution in [2.45, 2.75) is 33.1 Å². The van der Waals surface area contributed by atoms with Gasteiger partial charge in [0.1, 0.15) is 11.5 Å². The number of nitrogens with zero attached hydrogens (tertiary/aromatic N) is 2. The van der Waals surface area contributed by atoms with Crippen LogP contribution < -0.4 is 9.47 Å². The summed E-state index contributed by atoms with van der Waals surface area (Å²) in [5.74, 6) is 1.88. The fourth-order valence-corrected chi connectivity index (χ4v) is 3.57. The van der Waals surface area contributed by atoms with E-state index in [1.54, 1.807) is 0 Å². The minimum Gasteiger partial charge on any atom is -0.494 e. The summed E-state index contributed by atoms with van der Waals surface area (Å²) < 4.78 is 11.1. The molecule has 2 amide bonds. The molecule has 1 aliphatic heterocycles. The summed E-state index contributed by atoms with van der Waals surface area (Å²) in [6.45, 7) is 7.48. The third-order valence-electron chi connectivity index (χ3n) is 5.40. The third-order valence-corrected chi connectivity index (χ3v) is 5.40. The van der Waals surface area contributed by atoms with Crippen molar-refractivity contribution >= 4 is 11.8 Å². The van der Waals surface area contributed by atoms with E-state index in [0.29, 0.717) is 58.7 Å². The zero-order chi connectivity index (χ0) is 22.1. The average Bonchev–Trinajstić information content (AvgIpc) is 2.79. The van der Waals surface area contributed by atoms with Crippen LogP contribution in [0.1, 0.15) is 30.9 Å². The molecule has 0 radical (unpaired) electrons. The van der Waals surface area contributed by atoms with Crippen molar-refractivity contribution in [3.63, 3.8) is 0 Å². The minimum atomic E-state index is 0.0998. The lowest BCUT2D eigenvalue weighted by Crippen LogP contribution is -2.51. The van der Waals surface area contributed by atoms with E-state index in [1.807, 2.05) is 72.2 Å². The zero-order valence-electron chi connectivity index (χ0n) is 18.5. The Morgan fingerprint density at radius 2 is 1.35 bits per heavy atom. The van der Waals surface area contributed by atoms with E-state index in [4.69, 9.17) is 9.47 Å². The summed E-state index contributed by atoms with van der Waals surface area (Å²) >= 11 is 0. The molecule has 0 saturated carbocycles. The molecule has 0 atom stereocenters. The van der Waals surface area contributed by atoms with Gasteiger partial charge < -0.3 is 19.3 Å². The van der Waals surface area contributed by atoms with Crippen molar-refractivity contribution in [2.75, 3.05) is 39.4 Å². The van der Waals surface area contributed by atoms with Gasteiger partial charge >= 0.3 is 0 Å². The van der Waals surface area contributed by atoms with E-state index in [-0.39, 0.29) is 11.8 Å². The Kier molecular flexibility index (Phi) is 8.33. The van der Waals surface area contributed by atoms with Crippen molar-refractivity contribution in [3.8, 4) is 11.5 Å². The third kappa shape index (κ3) is 7.02. The van der Waals surface area contributed by atoms with Crippen molar-refractivity contribution in [2.24, 2.45) is 0 Å². The molecular formula is C25H32N2O4. The first-order valence-electron chi connectivity index (χ1n) is 11.0. The van der Waals surface area contributed by atoms with Crippen LogP contribution in [0.4, 0.5) is 0 Å². The Balaban J connectivity index is 1.34. The number of benzene rings is 2. The summed E-state index contributed by atoms with van der Waals surface area (Å²) in [6, 6.07) is 15.6. The van der Waals surface area contributed by atoms with Crippen molar-refractivity contribution in [1.29, 1.82) is 0 Å². The van der Waals surface area contributed by atoms with Crippen molar-refractivity contribution in [1.82, 2.24) is 9.80 Å². The van der Waals surface area contributed by atoms with Gasteiger partial charge in [0.15, 0.2) is 0 Å². The quantitative estimate of drug-likeness (QED) is 0.579. The first-order valence-corrected chi connectivity index (χ1v) is 11.0. The van der Waals surface area contributed by atoms with Crippen molar-refractivity contribution < 1.29 is 19.1 Å². The van der Waals surface area contributed by atoms with E-state index in [2.05, 4.69) is 0 Å². The van der Waals surface area contributed by atoms with Gasteiger partial charge in [-0.25, -0.2) is 0 Å². The minimum absolute atomic E-state index is 0.0998. The van der Waals surface area contributed by atoms with Gasteiger partial charge in [-0.2, -0.15) is 0 Å². The summed E-state index contributed by atoms with van der Waals surface area (Å²) in [6.07, 6.45) is 1.52. The molecular weight excluding hydrogens is 392 g/mol. The number of hydrogen-bond donors (Lipinski definition) is 0. The normalized spacial score (nSPS) is 13.7. The Morgan fingerprint density at radius 1 is 0.806 bits per heavy atom. The Bertz CT molecular complexity index is 841.